The van der Waals surface area contributed by atoms with Crippen LogP contribution in [0.15, 0.2) is 24.3 Å². The van der Waals surface area contributed by atoms with E-state index in [-0.39, 0.29) is 11.9 Å². The first kappa shape index (κ1) is 17.6. The maximum atomic E-state index is 12.8. The molecule has 1 amide bonds. The largest absolute Gasteiger partial charge is 0.377 e. The number of fused-ring (bicyclic) bond motifs is 1. The minimum atomic E-state index is 0.130. The second kappa shape index (κ2) is 7.78. The summed E-state index contributed by atoms with van der Waals surface area (Å²) in [5.74, 6) is 1.98. The Kier molecular flexibility index (Phi) is 5.48. The summed E-state index contributed by atoms with van der Waals surface area (Å²) >= 11 is 0. The fourth-order valence-electron chi connectivity index (χ4n) is 3.47. The third-order valence-electron chi connectivity index (χ3n) is 4.94. The van der Waals surface area contributed by atoms with Gasteiger partial charge in [0, 0.05) is 39.1 Å². The van der Waals surface area contributed by atoms with Gasteiger partial charge in [0.15, 0.2) is 5.82 Å². The van der Waals surface area contributed by atoms with Crippen LogP contribution in [-0.2, 0) is 35.5 Å². The number of amides is 1. The number of aryl methyl sites for hydroxylation is 2. The van der Waals surface area contributed by atoms with Crippen molar-refractivity contribution >= 4 is 5.91 Å². The minimum Gasteiger partial charge on any atom is -0.377 e. The Morgan fingerprint density at radius 2 is 2.08 bits per heavy atom. The molecule has 3 rings (SSSR count). The molecule has 0 bridgehead atoms. The number of carbonyl (C=O) groups excluding carboxylic acids is 1. The van der Waals surface area contributed by atoms with Crippen molar-refractivity contribution < 1.29 is 9.53 Å². The Hall–Kier alpha value is -2.21. The van der Waals surface area contributed by atoms with E-state index in [1.54, 1.807) is 7.11 Å². The summed E-state index contributed by atoms with van der Waals surface area (Å²) in [5.41, 5.74) is 2.49. The van der Waals surface area contributed by atoms with E-state index >= 15 is 0 Å². The van der Waals surface area contributed by atoms with Gasteiger partial charge in [-0.15, -0.1) is 10.2 Å². The lowest BCUT2D eigenvalue weighted by molar-refractivity contribution is -0.133. The van der Waals surface area contributed by atoms with E-state index in [1.807, 2.05) is 17.0 Å². The smallest absolute Gasteiger partial charge is 0.223 e. The monoisotopic (exact) mass is 342 g/mol. The normalized spacial score (nSPS) is 17.2. The van der Waals surface area contributed by atoms with Crippen molar-refractivity contribution in [1.29, 1.82) is 0 Å². The number of ether oxygens (including phenoxy) is 1. The number of carbonyl (C=O) groups is 1. The van der Waals surface area contributed by atoms with Crippen molar-refractivity contribution in [2.24, 2.45) is 0 Å². The molecule has 0 saturated heterocycles. The quantitative estimate of drug-likeness (QED) is 0.835. The van der Waals surface area contributed by atoms with E-state index in [9.17, 15) is 4.79 Å². The summed E-state index contributed by atoms with van der Waals surface area (Å²) in [6.45, 7) is 6.04. The molecule has 1 atom stereocenters. The highest BCUT2D eigenvalue weighted by Gasteiger charge is 2.26. The fourth-order valence-corrected chi connectivity index (χ4v) is 3.47. The summed E-state index contributed by atoms with van der Waals surface area (Å²) in [7, 11) is 1.66. The average molecular weight is 342 g/mol. The molecule has 0 radical (unpaired) electrons. The van der Waals surface area contributed by atoms with Crippen LogP contribution < -0.4 is 0 Å². The number of aromatic nitrogens is 3. The highest BCUT2D eigenvalue weighted by Crippen LogP contribution is 2.17. The lowest BCUT2D eigenvalue weighted by Crippen LogP contribution is -2.40. The van der Waals surface area contributed by atoms with Crippen LogP contribution in [0.5, 0.6) is 0 Å². The number of nitrogens with zero attached hydrogens (tertiary/aromatic N) is 4. The van der Waals surface area contributed by atoms with Gasteiger partial charge in [0.1, 0.15) is 12.4 Å². The van der Waals surface area contributed by atoms with E-state index < -0.39 is 0 Å². The highest BCUT2D eigenvalue weighted by atomic mass is 16.5. The Balaban J connectivity index is 1.65. The van der Waals surface area contributed by atoms with Crippen LogP contribution in [0.4, 0.5) is 0 Å². The number of hydrogen-bond donors (Lipinski definition) is 0. The Bertz CT molecular complexity index is 741. The molecule has 0 saturated carbocycles. The summed E-state index contributed by atoms with van der Waals surface area (Å²) in [4.78, 5) is 14.8. The zero-order chi connectivity index (χ0) is 17.8. The third kappa shape index (κ3) is 3.90. The van der Waals surface area contributed by atoms with Crippen molar-refractivity contribution in [2.45, 2.75) is 52.3 Å². The third-order valence-corrected chi connectivity index (χ3v) is 4.94. The SMILES string of the molecule is COCc1nnc2n1CCN(C(=O)CCc1ccccc1C)[C@@H](C)C2. The standard InChI is InChI=1S/C19H26N4O2/c1-14-6-4-5-7-16(14)8-9-19(24)22-10-11-23-17(12-15(22)2)20-21-18(23)13-25-3/h4-7,15H,8-13H2,1-3H3/t15-/m0/s1. The number of methoxy groups -OCH3 is 1. The van der Waals surface area contributed by atoms with Crippen LogP contribution in [0.1, 0.15) is 36.1 Å². The van der Waals surface area contributed by atoms with Gasteiger partial charge >= 0.3 is 0 Å². The van der Waals surface area contributed by atoms with Crippen molar-refractivity contribution in [3.63, 3.8) is 0 Å². The molecular formula is C19H26N4O2. The molecule has 25 heavy (non-hydrogen) atoms. The van der Waals surface area contributed by atoms with E-state index in [1.165, 1.54) is 11.1 Å². The topological polar surface area (TPSA) is 60.3 Å². The van der Waals surface area contributed by atoms with E-state index in [4.69, 9.17) is 4.74 Å². The first-order valence-corrected chi connectivity index (χ1v) is 8.84. The van der Waals surface area contributed by atoms with Gasteiger partial charge in [-0.3, -0.25) is 4.79 Å². The fraction of sp³-hybridized carbons (Fsp3) is 0.526. The predicted molar refractivity (Wildman–Crippen MR) is 95.1 cm³/mol. The Morgan fingerprint density at radius 3 is 2.84 bits per heavy atom. The van der Waals surface area contributed by atoms with E-state index in [0.717, 1.165) is 31.0 Å². The maximum Gasteiger partial charge on any atom is 0.223 e. The van der Waals surface area contributed by atoms with Crippen molar-refractivity contribution in [3.8, 4) is 0 Å². The predicted octanol–water partition coefficient (Wildman–Crippen LogP) is 2.14. The van der Waals surface area contributed by atoms with Crippen LogP contribution in [0.25, 0.3) is 0 Å². The first-order valence-electron chi connectivity index (χ1n) is 8.84. The second-order valence-corrected chi connectivity index (χ2v) is 6.68. The Labute approximate surface area is 148 Å². The van der Waals surface area contributed by atoms with Crippen molar-refractivity contribution in [2.75, 3.05) is 13.7 Å². The molecule has 0 N–H and O–H groups in total. The zero-order valence-corrected chi connectivity index (χ0v) is 15.2. The van der Waals surface area contributed by atoms with Gasteiger partial charge in [0.05, 0.1) is 0 Å². The van der Waals surface area contributed by atoms with Crippen LogP contribution in [0.2, 0.25) is 0 Å². The molecule has 0 unspecified atom stereocenters. The molecule has 1 aromatic carbocycles. The van der Waals surface area contributed by atoms with Gasteiger partial charge < -0.3 is 14.2 Å². The molecule has 1 aromatic heterocycles. The van der Waals surface area contributed by atoms with E-state index in [0.29, 0.717) is 19.6 Å². The summed E-state index contributed by atoms with van der Waals surface area (Å²) in [5, 5.41) is 8.48. The molecule has 1 aliphatic rings. The maximum absolute atomic E-state index is 12.8. The molecule has 1 aliphatic heterocycles. The number of hydrogen-bond acceptors (Lipinski definition) is 4. The number of benzene rings is 1. The van der Waals surface area contributed by atoms with Crippen LogP contribution in [0.3, 0.4) is 0 Å². The molecular weight excluding hydrogens is 316 g/mol. The van der Waals surface area contributed by atoms with Crippen molar-refractivity contribution in [3.05, 3.63) is 47.0 Å². The van der Waals surface area contributed by atoms with E-state index in [2.05, 4.69) is 40.7 Å². The van der Waals surface area contributed by atoms with Gasteiger partial charge in [0.25, 0.3) is 0 Å². The molecule has 0 aliphatic carbocycles. The molecule has 6 nitrogen and oxygen atoms in total. The molecule has 2 aromatic rings. The Morgan fingerprint density at radius 1 is 1.28 bits per heavy atom. The molecule has 2 heterocycles. The van der Waals surface area contributed by atoms with Crippen LogP contribution in [0, 0.1) is 6.92 Å². The average Bonchev–Trinajstić information content (AvgIpc) is 2.87. The molecule has 6 heteroatoms. The van der Waals surface area contributed by atoms with Gasteiger partial charge in [-0.1, -0.05) is 24.3 Å². The lowest BCUT2D eigenvalue weighted by Gasteiger charge is -2.27. The second-order valence-electron chi connectivity index (χ2n) is 6.68. The summed E-state index contributed by atoms with van der Waals surface area (Å²) in [6, 6.07) is 8.39. The van der Waals surface area contributed by atoms with Gasteiger partial charge in [-0.25, -0.2) is 0 Å². The molecule has 0 spiro atoms. The first-order chi connectivity index (χ1) is 12.1. The minimum absolute atomic E-state index is 0.130. The summed E-state index contributed by atoms with van der Waals surface area (Å²) in [6.07, 6.45) is 2.06. The summed E-state index contributed by atoms with van der Waals surface area (Å²) < 4.78 is 7.28. The molecule has 134 valence electrons. The van der Waals surface area contributed by atoms with Crippen LogP contribution >= 0.6 is 0 Å². The zero-order valence-electron chi connectivity index (χ0n) is 15.2. The molecule has 0 fully saturated rings. The van der Waals surface area contributed by atoms with Crippen molar-refractivity contribution in [1.82, 2.24) is 19.7 Å². The van der Waals surface area contributed by atoms with Gasteiger partial charge in [-0.2, -0.15) is 0 Å². The lowest BCUT2D eigenvalue weighted by atomic mass is 10.0. The highest BCUT2D eigenvalue weighted by molar-refractivity contribution is 5.77. The number of rotatable bonds is 5. The van der Waals surface area contributed by atoms with Gasteiger partial charge in [0.2, 0.25) is 5.91 Å². The van der Waals surface area contributed by atoms with Gasteiger partial charge in [-0.05, 0) is 31.4 Å². The van der Waals surface area contributed by atoms with Crippen LogP contribution in [-0.4, -0.2) is 45.3 Å².